The third-order valence-corrected chi connectivity index (χ3v) is 3.53. The van der Waals surface area contributed by atoms with E-state index in [0.717, 1.165) is 10.9 Å². The molecule has 0 fully saturated rings. The average molecular weight is 291 g/mol. The molecule has 2 aromatic carbocycles. The minimum Gasteiger partial charge on any atom is -0.458 e. The number of fused-ring (bicyclic) bond motifs is 1. The van der Waals surface area contributed by atoms with Gasteiger partial charge >= 0.3 is 0 Å². The summed E-state index contributed by atoms with van der Waals surface area (Å²) < 4.78 is 19.5. The van der Waals surface area contributed by atoms with Gasteiger partial charge < -0.3 is 9.52 Å². The lowest BCUT2D eigenvalue weighted by Crippen LogP contribution is -2.01. The van der Waals surface area contributed by atoms with Crippen molar-refractivity contribution in [3.63, 3.8) is 0 Å². The first-order valence-electron chi connectivity index (χ1n) is 6.18. The first-order chi connectivity index (χ1) is 9.56. The van der Waals surface area contributed by atoms with Crippen LogP contribution in [0.25, 0.3) is 11.0 Å². The Labute approximate surface area is 120 Å². The molecule has 0 saturated carbocycles. The summed E-state index contributed by atoms with van der Waals surface area (Å²) >= 11 is 5.73. The molecule has 4 heteroatoms. The Balaban J connectivity index is 2.08. The van der Waals surface area contributed by atoms with Crippen LogP contribution >= 0.6 is 11.6 Å². The van der Waals surface area contributed by atoms with Crippen LogP contribution in [0.5, 0.6) is 0 Å². The maximum atomic E-state index is 13.9. The normalized spacial score (nSPS) is 12.8. The second-order valence-electron chi connectivity index (χ2n) is 4.74. The van der Waals surface area contributed by atoms with Gasteiger partial charge in [-0.05, 0) is 31.2 Å². The van der Waals surface area contributed by atoms with Gasteiger partial charge in [-0.15, -0.1) is 0 Å². The number of rotatable bonds is 2. The Morgan fingerprint density at radius 2 is 2.00 bits per heavy atom. The van der Waals surface area contributed by atoms with Crippen molar-refractivity contribution >= 4 is 22.6 Å². The maximum absolute atomic E-state index is 13.9. The van der Waals surface area contributed by atoms with Crippen molar-refractivity contribution in [2.75, 3.05) is 0 Å². The molecule has 1 unspecified atom stereocenters. The molecule has 1 heterocycles. The van der Waals surface area contributed by atoms with Gasteiger partial charge in [0.1, 0.15) is 23.3 Å². The largest absolute Gasteiger partial charge is 0.458 e. The van der Waals surface area contributed by atoms with Crippen molar-refractivity contribution in [2.45, 2.75) is 13.0 Å². The summed E-state index contributed by atoms with van der Waals surface area (Å²) in [6.07, 6.45) is -1.18. The van der Waals surface area contributed by atoms with Crippen molar-refractivity contribution in [2.24, 2.45) is 0 Å². The molecule has 0 aliphatic heterocycles. The van der Waals surface area contributed by atoms with Crippen molar-refractivity contribution in [1.29, 1.82) is 0 Å². The fourth-order valence-electron chi connectivity index (χ4n) is 2.20. The molecule has 0 radical (unpaired) electrons. The SMILES string of the molecule is Cc1ccc2oc(C(O)c3cccc(Cl)c3F)cc2c1. The second-order valence-corrected chi connectivity index (χ2v) is 5.14. The number of aliphatic hydroxyl groups excluding tert-OH is 1. The number of hydrogen-bond acceptors (Lipinski definition) is 2. The maximum Gasteiger partial charge on any atom is 0.148 e. The van der Waals surface area contributed by atoms with E-state index in [0.29, 0.717) is 11.3 Å². The third-order valence-electron chi connectivity index (χ3n) is 3.24. The molecule has 1 atom stereocenters. The van der Waals surface area contributed by atoms with Gasteiger partial charge in [0.05, 0.1) is 5.02 Å². The van der Waals surface area contributed by atoms with E-state index in [1.807, 2.05) is 25.1 Å². The number of aryl methyl sites for hydroxylation is 1. The molecule has 3 rings (SSSR count). The number of benzene rings is 2. The van der Waals surface area contributed by atoms with Crippen molar-refractivity contribution < 1.29 is 13.9 Å². The second kappa shape index (κ2) is 4.93. The Bertz CT molecular complexity index is 779. The monoisotopic (exact) mass is 290 g/mol. The Kier molecular flexibility index (Phi) is 3.24. The number of furan rings is 1. The molecule has 2 nitrogen and oxygen atoms in total. The van der Waals surface area contributed by atoms with Gasteiger partial charge in [0.15, 0.2) is 0 Å². The lowest BCUT2D eigenvalue weighted by atomic mass is 10.1. The van der Waals surface area contributed by atoms with Crippen molar-refractivity contribution in [3.8, 4) is 0 Å². The fraction of sp³-hybridized carbons (Fsp3) is 0.125. The van der Waals surface area contributed by atoms with E-state index in [9.17, 15) is 9.50 Å². The average Bonchev–Trinajstić information content (AvgIpc) is 2.84. The third kappa shape index (κ3) is 2.19. The highest BCUT2D eigenvalue weighted by atomic mass is 35.5. The number of halogens is 2. The van der Waals surface area contributed by atoms with Crippen LogP contribution in [0.3, 0.4) is 0 Å². The molecular formula is C16H12ClFO2. The highest BCUT2D eigenvalue weighted by molar-refractivity contribution is 6.30. The summed E-state index contributed by atoms with van der Waals surface area (Å²) in [6, 6.07) is 11.9. The van der Waals surface area contributed by atoms with Crippen LogP contribution in [0.15, 0.2) is 46.9 Å². The Hall–Kier alpha value is -1.84. The van der Waals surface area contributed by atoms with Gasteiger partial charge in [-0.3, -0.25) is 0 Å². The highest BCUT2D eigenvalue weighted by Gasteiger charge is 2.20. The molecule has 1 aromatic heterocycles. The zero-order valence-electron chi connectivity index (χ0n) is 10.7. The van der Waals surface area contributed by atoms with Gasteiger partial charge in [-0.25, -0.2) is 4.39 Å². The van der Waals surface area contributed by atoms with E-state index in [1.54, 1.807) is 12.1 Å². The van der Waals surface area contributed by atoms with Crippen LogP contribution in [-0.2, 0) is 0 Å². The first-order valence-corrected chi connectivity index (χ1v) is 6.56. The molecular weight excluding hydrogens is 279 g/mol. The van der Waals surface area contributed by atoms with Crippen LogP contribution < -0.4 is 0 Å². The lowest BCUT2D eigenvalue weighted by molar-refractivity contribution is 0.187. The summed E-state index contributed by atoms with van der Waals surface area (Å²) in [5.41, 5.74) is 1.86. The molecule has 3 aromatic rings. The molecule has 1 N–H and O–H groups in total. The molecule has 0 aliphatic carbocycles. The number of hydrogen-bond donors (Lipinski definition) is 1. The van der Waals surface area contributed by atoms with Crippen LogP contribution in [-0.4, -0.2) is 5.11 Å². The van der Waals surface area contributed by atoms with Gasteiger partial charge in [0.2, 0.25) is 0 Å². The molecule has 0 saturated heterocycles. The molecule has 0 spiro atoms. The molecule has 0 amide bonds. The van der Waals surface area contributed by atoms with E-state index < -0.39 is 11.9 Å². The minimum absolute atomic E-state index is 0.0199. The van der Waals surface area contributed by atoms with Crippen LogP contribution in [0.2, 0.25) is 5.02 Å². The van der Waals surface area contributed by atoms with Crippen LogP contribution in [0, 0.1) is 12.7 Å². The van der Waals surface area contributed by atoms with Crippen molar-refractivity contribution in [3.05, 3.63) is 70.2 Å². The van der Waals surface area contributed by atoms with Gasteiger partial charge in [0, 0.05) is 10.9 Å². The van der Waals surface area contributed by atoms with Crippen molar-refractivity contribution in [1.82, 2.24) is 0 Å². The predicted octanol–water partition coefficient (Wildman–Crippen LogP) is 4.62. The highest BCUT2D eigenvalue weighted by Crippen LogP contribution is 2.31. The summed E-state index contributed by atoms with van der Waals surface area (Å²) in [6.45, 7) is 1.97. The summed E-state index contributed by atoms with van der Waals surface area (Å²) in [5, 5.41) is 11.1. The summed E-state index contributed by atoms with van der Waals surface area (Å²) in [7, 11) is 0. The van der Waals surface area contributed by atoms with E-state index in [1.165, 1.54) is 12.1 Å². The topological polar surface area (TPSA) is 33.4 Å². The Morgan fingerprint density at radius 3 is 2.80 bits per heavy atom. The molecule has 20 heavy (non-hydrogen) atoms. The quantitative estimate of drug-likeness (QED) is 0.747. The fourth-order valence-corrected chi connectivity index (χ4v) is 2.38. The zero-order valence-corrected chi connectivity index (χ0v) is 11.5. The molecule has 0 bridgehead atoms. The van der Waals surface area contributed by atoms with Gasteiger partial charge in [-0.1, -0.05) is 35.4 Å². The number of aliphatic hydroxyl groups is 1. The standard InChI is InChI=1S/C16H12ClFO2/c1-9-5-6-13-10(7-9)8-14(20-13)16(19)11-3-2-4-12(17)15(11)18/h2-8,16,19H,1H3. The minimum atomic E-state index is -1.18. The van der Waals surface area contributed by atoms with E-state index in [2.05, 4.69) is 0 Å². The Morgan fingerprint density at radius 1 is 1.20 bits per heavy atom. The summed E-state index contributed by atoms with van der Waals surface area (Å²) in [5.74, 6) is -0.329. The van der Waals surface area contributed by atoms with Gasteiger partial charge in [-0.2, -0.15) is 0 Å². The smallest absolute Gasteiger partial charge is 0.148 e. The van der Waals surface area contributed by atoms with E-state index in [-0.39, 0.29) is 10.6 Å². The predicted molar refractivity (Wildman–Crippen MR) is 76.4 cm³/mol. The summed E-state index contributed by atoms with van der Waals surface area (Å²) in [4.78, 5) is 0. The first kappa shape index (κ1) is 13.2. The zero-order chi connectivity index (χ0) is 14.3. The molecule has 102 valence electrons. The van der Waals surface area contributed by atoms with Gasteiger partial charge in [0.25, 0.3) is 0 Å². The van der Waals surface area contributed by atoms with E-state index in [4.69, 9.17) is 16.0 Å². The molecule has 0 aliphatic rings. The van der Waals surface area contributed by atoms with Crippen LogP contribution in [0.1, 0.15) is 23.0 Å². The van der Waals surface area contributed by atoms with E-state index >= 15 is 0 Å². The lowest BCUT2D eigenvalue weighted by Gasteiger charge is -2.09. The van der Waals surface area contributed by atoms with Crippen LogP contribution in [0.4, 0.5) is 4.39 Å².